The molecule has 0 aromatic rings. The number of phosphoric acid groups is 1. The highest BCUT2D eigenvalue weighted by atomic mass is 31.2. The maximum Gasteiger partial charge on any atom is 0.472 e. The zero-order valence-electron chi connectivity index (χ0n) is 21.9. The van der Waals surface area contributed by atoms with Crippen molar-refractivity contribution in [1.82, 2.24) is 0 Å². The third-order valence-electron chi connectivity index (χ3n) is 6.36. The lowest BCUT2D eigenvalue weighted by Crippen LogP contribution is -2.64. The number of esters is 1. The molecule has 0 bridgehead atoms. The van der Waals surface area contributed by atoms with E-state index in [4.69, 9.17) is 4.74 Å². The lowest BCUT2D eigenvalue weighted by molar-refractivity contribution is -0.220. The lowest BCUT2D eigenvalue weighted by Gasteiger charge is -2.41. The van der Waals surface area contributed by atoms with E-state index >= 15 is 0 Å². The summed E-state index contributed by atoms with van der Waals surface area (Å²) in [5, 5.41) is 58.4. The Labute approximate surface area is 219 Å². The first-order valence-electron chi connectivity index (χ1n) is 13.3. The maximum absolute atomic E-state index is 12.1. The minimum absolute atomic E-state index is 0.193. The molecule has 13 heteroatoms. The molecule has 0 heterocycles. The predicted octanol–water partition coefficient (Wildman–Crippen LogP) is 1.16. The number of aliphatic hydroxyl groups is 6. The lowest BCUT2D eigenvalue weighted by atomic mass is 9.85. The standard InChI is InChI=1S/C24H47O12P/c1-16(2)12-10-8-6-4-3-5-7-9-11-13-18(26)34-14-17(25)15-35-37(32,33)36-24-22(30)20(28)19(27)21(29)23(24)31/h16-17,19-25,27-31H,3-15H2,1-2H3,(H,32,33). The number of hydrogen-bond donors (Lipinski definition) is 7. The van der Waals surface area contributed by atoms with E-state index in [1.807, 2.05) is 0 Å². The normalized spacial score (nSPS) is 28.7. The Morgan fingerprint density at radius 2 is 1.22 bits per heavy atom. The molecule has 1 aliphatic carbocycles. The van der Waals surface area contributed by atoms with Gasteiger partial charge in [-0.05, 0) is 12.3 Å². The van der Waals surface area contributed by atoms with Crippen molar-refractivity contribution >= 4 is 13.8 Å². The van der Waals surface area contributed by atoms with Gasteiger partial charge >= 0.3 is 13.8 Å². The summed E-state index contributed by atoms with van der Waals surface area (Å²) in [6.45, 7) is 3.24. The SMILES string of the molecule is CC(C)CCCCCCCCCCCC(=O)OCC(O)COP(=O)(O)OC1C(O)C(O)C(O)C(O)C1O. The fraction of sp³-hybridized carbons (Fsp3) is 0.958. The molecule has 1 rings (SSSR count). The third kappa shape index (κ3) is 13.8. The zero-order valence-corrected chi connectivity index (χ0v) is 22.8. The van der Waals surface area contributed by atoms with Gasteiger partial charge in [0.25, 0.3) is 0 Å². The molecular formula is C24H47O12P. The molecule has 1 fully saturated rings. The highest BCUT2D eigenvalue weighted by Crippen LogP contribution is 2.47. The van der Waals surface area contributed by atoms with Gasteiger partial charge in [-0.25, -0.2) is 4.57 Å². The van der Waals surface area contributed by atoms with Crippen molar-refractivity contribution in [2.75, 3.05) is 13.2 Å². The fourth-order valence-electron chi connectivity index (χ4n) is 4.05. The van der Waals surface area contributed by atoms with Crippen molar-refractivity contribution in [2.24, 2.45) is 5.92 Å². The summed E-state index contributed by atoms with van der Waals surface area (Å²) in [6, 6.07) is 0. The van der Waals surface area contributed by atoms with Crippen LogP contribution in [0, 0.1) is 5.92 Å². The highest BCUT2D eigenvalue weighted by molar-refractivity contribution is 7.47. The Bertz CT molecular complexity index is 662. The fourth-order valence-corrected chi connectivity index (χ4v) is 5.03. The van der Waals surface area contributed by atoms with E-state index in [1.54, 1.807) is 0 Å². The molecule has 12 nitrogen and oxygen atoms in total. The van der Waals surface area contributed by atoms with Gasteiger partial charge in [-0.2, -0.15) is 0 Å². The van der Waals surface area contributed by atoms with Gasteiger partial charge in [0, 0.05) is 6.42 Å². The Hall–Kier alpha value is -0.660. The molecule has 0 radical (unpaired) electrons. The van der Waals surface area contributed by atoms with E-state index in [9.17, 15) is 44.9 Å². The van der Waals surface area contributed by atoms with Crippen molar-refractivity contribution in [3.63, 3.8) is 0 Å². The predicted molar refractivity (Wildman–Crippen MR) is 133 cm³/mol. The van der Waals surface area contributed by atoms with Crippen LogP contribution in [0.25, 0.3) is 0 Å². The molecule has 0 spiro atoms. The Morgan fingerprint density at radius 3 is 1.73 bits per heavy atom. The average Bonchev–Trinajstić information content (AvgIpc) is 2.84. The summed E-state index contributed by atoms with van der Waals surface area (Å²) in [5.74, 6) is 0.257. The van der Waals surface area contributed by atoms with Crippen LogP contribution in [0.2, 0.25) is 0 Å². The van der Waals surface area contributed by atoms with Crippen molar-refractivity contribution in [3.05, 3.63) is 0 Å². The first-order valence-corrected chi connectivity index (χ1v) is 14.7. The molecular weight excluding hydrogens is 511 g/mol. The quantitative estimate of drug-likeness (QED) is 0.0678. The smallest absolute Gasteiger partial charge is 0.463 e. The van der Waals surface area contributed by atoms with Crippen LogP contribution in [-0.4, -0.2) is 97.4 Å². The Morgan fingerprint density at radius 1 is 0.757 bits per heavy atom. The van der Waals surface area contributed by atoms with E-state index in [0.717, 1.165) is 25.2 Å². The molecule has 7 N–H and O–H groups in total. The van der Waals surface area contributed by atoms with Crippen LogP contribution < -0.4 is 0 Å². The first-order chi connectivity index (χ1) is 17.4. The van der Waals surface area contributed by atoms with E-state index in [-0.39, 0.29) is 6.42 Å². The molecule has 6 atom stereocenters. The van der Waals surface area contributed by atoms with Crippen molar-refractivity contribution in [1.29, 1.82) is 0 Å². The first kappa shape index (κ1) is 34.4. The summed E-state index contributed by atoms with van der Waals surface area (Å²) in [6.07, 6.45) is -1.68. The van der Waals surface area contributed by atoms with Crippen LogP contribution in [0.15, 0.2) is 0 Å². The summed E-state index contributed by atoms with van der Waals surface area (Å²) in [7, 11) is -4.98. The second-order valence-electron chi connectivity index (χ2n) is 10.2. The third-order valence-corrected chi connectivity index (χ3v) is 7.34. The molecule has 1 saturated carbocycles. The van der Waals surface area contributed by atoms with Crippen LogP contribution >= 0.6 is 7.82 Å². The number of carbonyl (C=O) groups is 1. The van der Waals surface area contributed by atoms with Gasteiger partial charge in [-0.3, -0.25) is 13.8 Å². The van der Waals surface area contributed by atoms with Crippen molar-refractivity contribution in [3.8, 4) is 0 Å². The zero-order chi connectivity index (χ0) is 28.0. The van der Waals surface area contributed by atoms with Crippen LogP contribution in [0.4, 0.5) is 0 Å². The Balaban J connectivity index is 2.15. The molecule has 0 amide bonds. The molecule has 0 aromatic carbocycles. The summed E-state index contributed by atoms with van der Waals surface area (Å²) >= 11 is 0. The van der Waals surface area contributed by atoms with Gasteiger partial charge in [0.2, 0.25) is 0 Å². The van der Waals surface area contributed by atoms with Gasteiger partial charge in [0.05, 0.1) is 6.61 Å². The molecule has 0 aliphatic heterocycles. The second kappa shape index (κ2) is 17.8. The number of phosphoric ester groups is 1. The number of aliphatic hydroxyl groups excluding tert-OH is 6. The molecule has 0 saturated heterocycles. The minimum Gasteiger partial charge on any atom is -0.463 e. The molecule has 1 aliphatic rings. The topological polar surface area (TPSA) is 203 Å². The van der Waals surface area contributed by atoms with Crippen LogP contribution in [-0.2, 0) is 23.1 Å². The molecule has 37 heavy (non-hydrogen) atoms. The van der Waals surface area contributed by atoms with Crippen molar-refractivity contribution < 1.29 is 58.7 Å². The summed E-state index contributed by atoms with van der Waals surface area (Å²) in [4.78, 5) is 21.6. The summed E-state index contributed by atoms with van der Waals surface area (Å²) in [5.41, 5.74) is 0. The van der Waals surface area contributed by atoms with Crippen LogP contribution in [0.1, 0.15) is 84.5 Å². The number of unbranched alkanes of at least 4 members (excludes halogenated alkanes) is 8. The molecule has 0 aromatic heterocycles. The molecule has 220 valence electrons. The van der Waals surface area contributed by atoms with Crippen LogP contribution in [0.5, 0.6) is 0 Å². The van der Waals surface area contributed by atoms with Crippen molar-refractivity contribution in [2.45, 2.75) is 127 Å². The van der Waals surface area contributed by atoms with E-state index in [0.29, 0.717) is 6.42 Å². The largest absolute Gasteiger partial charge is 0.472 e. The van der Waals surface area contributed by atoms with Gasteiger partial charge in [0.1, 0.15) is 49.3 Å². The Kier molecular flexibility index (Phi) is 16.6. The van der Waals surface area contributed by atoms with E-state index < -0.39 is 69.7 Å². The van der Waals surface area contributed by atoms with Gasteiger partial charge in [-0.1, -0.05) is 71.6 Å². The monoisotopic (exact) mass is 558 g/mol. The van der Waals surface area contributed by atoms with Crippen LogP contribution in [0.3, 0.4) is 0 Å². The average molecular weight is 559 g/mol. The second-order valence-corrected chi connectivity index (χ2v) is 11.6. The van der Waals surface area contributed by atoms with E-state index in [1.165, 1.54) is 38.5 Å². The number of ether oxygens (including phenoxy) is 1. The maximum atomic E-state index is 12.1. The summed E-state index contributed by atoms with van der Waals surface area (Å²) < 4.78 is 26.3. The highest BCUT2D eigenvalue weighted by Gasteiger charge is 2.51. The van der Waals surface area contributed by atoms with Gasteiger partial charge in [0.15, 0.2) is 0 Å². The minimum atomic E-state index is -4.98. The van der Waals surface area contributed by atoms with Gasteiger partial charge in [-0.15, -0.1) is 0 Å². The number of carbonyl (C=O) groups excluding carboxylic acids is 1. The number of rotatable bonds is 19. The molecule has 6 unspecified atom stereocenters. The van der Waals surface area contributed by atoms with Gasteiger partial charge < -0.3 is 40.3 Å². The number of hydrogen-bond acceptors (Lipinski definition) is 11. The van der Waals surface area contributed by atoms with E-state index in [2.05, 4.69) is 22.9 Å².